The summed E-state index contributed by atoms with van der Waals surface area (Å²) in [5.41, 5.74) is 1.11. The highest BCUT2D eigenvalue weighted by Gasteiger charge is 2.25. The standard InChI is InChI=1S/C21H21FN4O3S/c22-16-5-4-6-18(15-16)26-14-11-20(24-26)21(27)23-17-7-9-19(10-8-17)30(28,29)25-12-2-1-3-13-25/h4-11,14-15H,1-3,12-13H2,(H,23,27). The first kappa shape index (κ1) is 20.2. The molecule has 4 rings (SSSR count). The van der Waals surface area contributed by atoms with E-state index in [0.717, 1.165) is 19.3 Å². The SMILES string of the molecule is O=C(Nc1ccc(S(=O)(=O)N2CCCCC2)cc1)c1ccn(-c2cccc(F)c2)n1. The summed E-state index contributed by atoms with van der Waals surface area (Å²) in [6.45, 7) is 1.07. The molecule has 3 aromatic rings. The lowest BCUT2D eigenvalue weighted by Crippen LogP contribution is -2.35. The molecule has 0 atom stereocenters. The average Bonchev–Trinajstić information content (AvgIpc) is 3.25. The van der Waals surface area contributed by atoms with Crippen LogP contribution in [-0.2, 0) is 10.0 Å². The van der Waals surface area contributed by atoms with Crippen molar-refractivity contribution in [2.24, 2.45) is 0 Å². The lowest BCUT2D eigenvalue weighted by Gasteiger charge is -2.25. The Morgan fingerprint density at radius 1 is 1.00 bits per heavy atom. The van der Waals surface area contributed by atoms with E-state index in [1.165, 1.54) is 39.3 Å². The van der Waals surface area contributed by atoms with Gasteiger partial charge in [0.2, 0.25) is 10.0 Å². The molecule has 30 heavy (non-hydrogen) atoms. The first-order valence-electron chi connectivity index (χ1n) is 9.67. The molecule has 1 aromatic heterocycles. The number of hydrogen-bond acceptors (Lipinski definition) is 4. The van der Waals surface area contributed by atoms with E-state index in [2.05, 4.69) is 10.4 Å². The maximum atomic E-state index is 13.4. The van der Waals surface area contributed by atoms with Crippen molar-refractivity contribution in [2.75, 3.05) is 18.4 Å². The van der Waals surface area contributed by atoms with Gasteiger partial charge >= 0.3 is 0 Å². The van der Waals surface area contributed by atoms with Crippen molar-refractivity contribution >= 4 is 21.6 Å². The highest BCUT2D eigenvalue weighted by molar-refractivity contribution is 7.89. The zero-order valence-electron chi connectivity index (χ0n) is 16.2. The molecular weight excluding hydrogens is 407 g/mol. The summed E-state index contributed by atoms with van der Waals surface area (Å²) in [6, 6.07) is 13.5. The zero-order chi connectivity index (χ0) is 21.1. The molecule has 0 radical (unpaired) electrons. The van der Waals surface area contributed by atoms with Gasteiger partial charge < -0.3 is 5.32 Å². The van der Waals surface area contributed by atoms with Crippen molar-refractivity contribution in [1.82, 2.24) is 14.1 Å². The second kappa shape index (κ2) is 8.37. The lowest BCUT2D eigenvalue weighted by atomic mass is 10.2. The fourth-order valence-corrected chi connectivity index (χ4v) is 4.88. The largest absolute Gasteiger partial charge is 0.321 e. The highest BCUT2D eigenvalue weighted by atomic mass is 32.2. The molecule has 2 aromatic carbocycles. The summed E-state index contributed by atoms with van der Waals surface area (Å²) < 4.78 is 41.7. The Bertz CT molecular complexity index is 1150. The van der Waals surface area contributed by atoms with Gasteiger partial charge in [0.25, 0.3) is 5.91 Å². The fourth-order valence-electron chi connectivity index (χ4n) is 3.37. The number of sulfonamides is 1. The molecule has 1 aliphatic heterocycles. The van der Waals surface area contributed by atoms with E-state index in [1.807, 2.05) is 0 Å². The van der Waals surface area contributed by atoms with Crippen LogP contribution in [0.3, 0.4) is 0 Å². The Kier molecular flexibility index (Phi) is 5.65. The van der Waals surface area contributed by atoms with Gasteiger partial charge in [0.05, 0.1) is 10.6 Å². The Labute approximate surface area is 174 Å². The van der Waals surface area contributed by atoms with Crippen LogP contribution < -0.4 is 5.32 Å². The molecular formula is C21H21FN4O3S. The molecule has 1 N–H and O–H groups in total. The fraction of sp³-hybridized carbons (Fsp3) is 0.238. The third kappa shape index (κ3) is 4.27. The number of piperidine rings is 1. The number of amides is 1. The van der Waals surface area contributed by atoms with Crippen LogP contribution in [0.1, 0.15) is 29.8 Å². The summed E-state index contributed by atoms with van der Waals surface area (Å²) in [5.74, 6) is -0.842. The van der Waals surface area contributed by atoms with Crippen molar-refractivity contribution < 1.29 is 17.6 Å². The molecule has 9 heteroatoms. The van der Waals surface area contributed by atoms with Gasteiger partial charge in [-0.25, -0.2) is 17.5 Å². The Morgan fingerprint density at radius 3 is 2.43 bits per heavy atom. The van der Waals surface area contributed by atoms with Crippen LogP contribution in [-0.4, -0.2) is 41.5 Å². The van der Waals surface area contributed by atoms with Gasteiger partial charge in [0, 0.05) is 25.0 Å². The molecule has 1 saturated heterocycles. The Balaban J connectivity index is 1.45. The molecule has 0 saturated carbocycles. The van der Waals surface area contributed by atoms with E-state index in [1.54, 1.807) is 30.5 Å². The second-order valence-electron chi connectivity index (χ2n) is 7.07. The van der Waals surface area contributed by atoms with Gasteiger partial charge in [-0.2, -0.15) is 9.40 Å². The number of halogens is 1. The van der Waals surface area contributed by atoms with E-state index in [0.29, 0.717) is 24.5 Å². The predicted octanol–water partition coefficient (Wildman–Crippen LogP) is 3.44. The van der Waals surface area contributed by atoms with Crippen LogP contribution in [0.25, 0.3) is 5.69 Å². The van der Waals surface area contributed by atoms with Crippen molar-refractivity contribution in [1.29, 1.82) is 0 Å². The summed E-state index contributed by atoms with van der Waals surface area (Å²) in [6.07, 6.45) is 4.36. The van der Waals surface area contributed by atoms with Gasteiger partial charge in [-0.3, -0.25) is 4.79 Å². The van der Waals surface area contributed by atoms with Gasteiger partial charge in [-0.05, 0) is 61.4 Å². The molecule has 1 aliphatic rings. The zero-order valence-corrected chi connectivity index (χ0v) is 17.0. The Morgan fingerprint density at radius 2 is 1.73 bits per heavy atom. The molecule has 2 heterocycles. The van der Waals surface area contributed by atoms with E-state index in [4.69, 9.17) is 0 Å². The van der Waals surface area contributed by atoms with Crippen LogP contribution in [0.15, 0.2) is 65.7 Å². The third-order valence-electron chi connectivity index (χ3n) is 4.96. The summed E-state index contributed by atoms with van der Waals surface area (Å²) in [4.78, 5) is 12.7. The molecule has 7 nitrogen and oxygen atoms in total. The van der Waals surface area contributed by atoms with Crippen molar-refractivity contribution in [3.8, 4) is 5.69 Å². The number of benzene rings is 2. The molecule has 0 unspecified atom stereocenters. The lowest BCUT2D eigenvalue weighted by molar-refractivity contribution is 0.102. The summed E-state index contributed by atoms with van der Waals surface area (Å²) in [7, 11) is -3.52. The summed E-state index contributed by atoms with van der Waals surface area (Å²) >= 11 is 0. The first-order chi connectivity index (χ1) is 14.4. The number of carbonyl (C=O) groups is 1. The number of nitrogens with zero attached hydrogens (tertiary/aromatic N) is 3. The van der Waals surface area contributed by atoms with Gasteiger partial charge in [-0.15, -0.1) is 0 Å². The topological polar surface area (TPSA) is 84.3 Å². The minimum absolute atomic E-state index is 0.157. The van der Waals surface area contributed by atoms with Gasteiger partial charge in [0.15, 0.2) is 5.69 Å². The molecule has 0 spiro atoms. The molecule has 0 aliphatic carbocycles. The minimum Gasteiger partial charge on any atom is -0.321 e. The van der Waals surface area contributed by atoms with Crippen LogP contribution >= 0.6 is 0 Å². The Hall–Kier alpha value is -3.04. The third-order valence-corrected chi connectivity index (χ3v) is 6.87. The minimum atomic E-state index is -3.52. The molecule has 1 fully saturated rings. The molecule has 156 valence electrons. The number of anilines is 1. The number of aromatic nitrogens is 2. The van der Waals surface area contributed by atoms with Crippen molar-refractivity contribution in [3.05, 3.63) is 72.3 Å². The average molecular weight is 428 g/mol. The number of carbonyl (C=O) groups excluding carboxylic acids is 1. The summed E-state index contributed by atoms with van der Waals surface area (Å²) in [5, 5.41) is 6.87. The maximum absolute atomic E-state index is 13.4. The van der Waals surface area contributed by atoms with E-state index in [-0.39, 0.29) is 10.6 Å². The monoisotopic (exact) mass is 428 g/mol. The first-order valence-corrected chi connectivity index (χ1v) is 11.1. The molecule has 0 bridgehead atoms. The van der Waals surface area contributed by atoms with Crippen molar-refractivity contribution in [3.63, 3.8) is 0 Å². The normalized spacial score (nSPS) is 15.1. The number of hydrogen-bond donors (Lipinski definition) is 1. The molecule has 1 amide bonds. The quantitative estimate of drug-likeness (QED) is 0.675. The highest BCUT2D eigenvalue weighted by Crippen LogP contribution is 2.22. The van der Waals surface area contributed by atoms with E-state index < -0.39 is 21.7 Å². The second-order valence-corrected chi connectivity index (χ2v) is 9.01. The van der Waals surface area contributed by atoms with Gasteiger partial charge in [0.1, 0.15) is 5.82 Å². The van der Waals surface area contributed by atoms with Crippen molar-refractivity contribution in [2.45, 2.75) is 24.2 Å². The number of nitrogens with one attached hydrogen (secondary N) is 1. The number of rotatable bonds is 5. The van der Waals surface area contributed by atoms with Crippen LogP contribution in [0.4, 0.5) is 10.1 Å². The smallest absolute Gasteiger partial charge is 0.276 e. The maximum Gasteiger partial charge on any atom is 0.276 e. The van der Waals surface area contributed by atoms with Crippen LogP contribution in [0, 0.1) is 5.82 Å². The van der Waals surface area contributed by atoms with Gasteiger partial charge in [-0.1, -0.05) is 12.5 Å². The predicted molar refractivity (Wildman–Crippen MR) is 111 cm³/mol. The van der Waals surface area contributed by atoms with E-state index >= 15 is 0 Å². The van der Waals surface area contributed by atoms with Crippen LogP contribution in [0.5, 0.6) is 0 Å². The van der Waals surface area contributed by atoms with Crippen LogP contribution in [0.2, 0.25) is 0 Å². The van der Waals surface area contributed by atoms with E-state index in [9.17, 15) is 17.6 Å².